The van der Waals surface area contributed by atoms with E-state index in [2.05, 4.69) is 11.9 Å². The van der Waals surface area contributed by atoms with Gasteiger partial charge in [0.25, 0.3) is 0 Å². The lowest BCUT2D eigenvalue weighted by Gasteiger charge is -2.25. The van der Waals surface area contributed by atoms with Gasteiger partial charge < -0.3 is 9.64 Å². The minimum Gasteiger partial charge on any atom is -0.385 e. The fourth-order valence-electron chi connectivity index (χ4n) is 2.19. The predicted molar refractivity (Wildman–Crippen MR) is 61.0 cm³/mol. The van der Waals surface area contributed by atoms with Crippen molar-refractivity contribution in [2.75, 3.05) is 33.9 Å². The van der Waals surface area contributed by atoms with Crippen LogP contribution in [0, 0.1) is 5.92 Å². The van der Waals surface area contributed by atoms with Crippen molar-refractivity contribution in [1.82, 2.24) is 4.90 Å². The van der Waals surface area contributed by atoms with Gasteiger partial charge in [-0.1, -0.05) is 6.42 Å². The topological polar surface area (TPSA) is 29.5 Å². The van der Waals surface area contributed by atoms with E-state index in [4.69, 9.17) is 4.74 Å². The second kappa shape index (κ2) is 6.96. The van der Waals surface area contributed by atoms with Crippen molar-refractivity contribution < 1.29 is 9.53 Å². The molecule has 88 valence electrons. The first-order valence-electron chi connectivity index (χ1n) is 5.94. The molecule has 0 heterocycles. The number of carbonyl (C=O) groups is 1. The maximum atomic E-state index is 11.6. The van der Waals surface area contributed by atoms with Crippen LogP contribution < -0.4 is 0 Å². The summed E-state index contributed by atoms with van der Waals surface area (Å²) in [6, 6.07) is 0. The third-order valence-electron chi connectivity index (χ3n) is 3.10. The fraction of sp³-hybridized carbons (Fsp3) is 0.917. The van der Waals surface area contributed by atoms with Crippen LogP contribution >= 0.6 is 0 Å². The zero-order valence-electron chi connectivity index (χ0n) is 10.00. The van der Waals surface area contributed by atoms with Gasteiger partial charge in [-0.2, -0.15) is 0 Å². The van der Waals surface area contributed by atoms with Crippen LogP contribution in [0.15, 0.2) is 0 Å². The molecule has 0 aromatic rings. The number of ketones is 1. The van der Waals surface area contributed by atoms with Gasteiger partial charge in [0.1, 0.15) is 5.78 Å². The van der Waals surface area contributed by atoms with Gasteiger partial charge in [0.2, 0.25) is 0 Å². The van der Waals surface area contributed by atoms with Gasteiger partial charge in [-0.3, -0.25) is 4.79 Å². The molecule has 0 saturated heterocycles. The van der Waals surface area contributed by atoms with E-state index < -0.39 is 0 Å². The molecule has 0 spiro atoms. The lowest BCUT2D eigenvalue weighted by Crippen LogP contribution is -2.33. The quantitative estimate of drug-likeness (QED) is 0.629. The molecule has 3 heteroatoms. The minimum absolute atomic E-state index is 0.297. The average Bonchev–Trinajstić information content (AvgIpc) is 2.22. The molecule has 0 amide bonds. The van der Waals surface area contributed by atoms with Crippen molar-refractivity contribution in [3.8, 4) is 0 Å². The van der Waals surface area contributed by atoms with Gasteiger partial charge in [-0.25, -0.2) is 0 Å². The Morgan fingerprint density at radius 1 is 1.47 bits per heavy atom. The number of nitrogens with zero attached hydrogens (tertiary/aromatic N) is 1. The molecule has 1 saturated carbocycles. The Labute approximate surface area is 92.8 Å². The van der Waals surface area contributed by atoms with Crippen molar-refractivity contribution in [2.24, 2.45) is 5.92 Å². The van der Waals surface area contributed by atoms with Crippen LogP contribution in [0.2, 0.25) is 0 Å². The predicted octanol–water partition coefficient (Wildman–Crippen LogP) is 1.71. The Kier molecular flexibility index (Phi) is 5.88. The highest BCUT2D eigenvalue weighted by atomic mass is 16.5. The van der Waals surface area contributed by atoms with E-state index >= 15 is 0 Å². The molecule has 1 atom stereocenters. The van der Waals surface area contributed by atoms with Crippen molar-refractivity contribution in [3.63, 3.8) is 0 Å². The summed E-state index contributed by atoms with van der Waals surface area (Å²) in [6.45, 7) is 2.77. The highest BCUT2D eigenvalue weighted by Crippen LogP contribution is 2.21. The Morgan fingerprint density at radius 2 is 2.27 bits per heavy atom. The summed E-state index contributed by atoms with van der Waals surface area (Å²) < 4.78 is 5.01. The summed E-state index contributed by atoms with van der Waals surface area (Å²) >= 11 is 0. The van der Waals surface area contributed by atoms with Gasteiger partial charge in [0, 0.05) is 39.1 Å². The number of methoxy groups -OCH3 is 1. The Morgan fingerprint density at radius 3 is 2.93 bits per heavy atom. The number of hydrogen-bond donors (Lipinski definition) is 0. The lowest BCUT2D eigenvalue weighted by molar-refractivity contribution is -0.125. The minimum atomic E-state index is 0.297. The zero-order chi connectivity index (χ0) is 11.1. The van der Waals surface area contributed by atoms with Gasteiger partial charge in [0.15, 0.2) is 0 Å². The van der Waals surface area contributed by atoms with Crippen molar-refractivity contribution >= 4 is 5.78 Å². The van der Waals surface area contributed by atoms with E-state index in [-0.39, 0.29) is 0 Å². The van der Waals surface area contributed by atoms with Crippen LogP contribution in [0.3, 0.4) is 0 Å². The van der Waals surface area contributed by atoms with E-state index in [1.54, 1.807) is 7.11 Å². The van der Waals surface area contributed by atoms with Crippen LogP contribution in [0.5, 0.6) is 0 Å². The van der Waals surface area contributed by atoms with Gasteiger partial charge in [-0.15, -0.1) is 0 Å². The number of rotatable bonds is 6. The molecule has 0 aliphatic heterocycles. The summed E-state index contributed by atoms with van der Waals surface area (Å²) in [5.41, 5.74) is 0. The molecule has 15 heavy (non-hydrogen) atoms. The Balaban J connectivity index is 2.17. The van der Waals surface area contributed by atoms with Crippen LogP contribution in [0.4, 0.5) is 0 Å². The van der Waals surface area contributed by atoms with Gasteiger partial charge >= 0.3 is 0 Å². The molecule has 0 aromatic carbocycles. The second-order valence-electron chi connectivity index (χ2n) is 4.52. The standard InChI is InChI=1S/C12H23NO2/c1-13(8-5-9-15-2)10-11-6-3-4-7-12(11)14/h11H,3-10H2,1-2H3. The average molecular weight is 213 g/mol. The molecule has 3 nitrogen and oxygen atoms in total. The van der Waals surface area contributed by atoms with Crippen LogP contribution in [-0.2, 0) is 9.53 Å². The molecule has 0 N–H and O–H groups in total. The molecule has 1 rings (SSSR count). The number of Topliss-reactive ketones (excluding diaryl/α,β-unsaturated/α-hetero) is 1. The number of hydrogen-bond acceptors (Lipinski definition) is 3. The van der Waals surface area contributed by atoms with E-state index in [1.165, 1.54) is 6.42 Å². The summed E-state index contributed by atoms with van der Waals surface area (Å²) in [4.78, 5) is 13.9. The summed E-state index contributed by atoms with van der Waals surface area (Å²) in [5.74, 6) is 0.770. The molecule has 1 unspecified atom stereocenters. The van der Waals surface area contributed by atoms with E-state index in [0.717, 1.165) is 45.4 Å². The zero-order valence-corrected chi connectivity index (χ0v) is 10.00. The summed E-state index contributed by atoms with van der Waals surface area (Å²) in [6.07, 6.45) is 5.27. The normalized spacial score (nSPS) is 22.3. The van der Waals surface area contributed by atoms with Crippen LogP contribution in [0.25, 0.3) is 0 Å². The van der Waals surface area contributed by atoms with Gasteiger partial charge in [0.05, 0.1) is 0 Å². The highest BCUT2D eigenvalue weighted by molar-refractivity contribution is 5.81. The number of carbonyl (C=O) groups excluding carboxylic acids is 1. The molecule has 1 aliphatic rings. The molecule has 0 aromatic heterocycles. The van der Waals surface area contributed by atoms with E-state index in [1.807, 2.05) is 0 Å². The fourth-order valence-corrected chi connectivity index (χ4v) is 2.19. The summed E-state index contributed by atoms with van der Waals surface area (Å²) in [7, 11) is 3.82. The van der Waals surface area contributed by atoms with Crippen LogP contribution in [-0.4, -0.2) is 44.5 Å². The Bertz CT molecular complexity index is 194. The smallest absolute Gasteiger partial charge is 0.137 e. The molecule has 1 fully saturated rings. The highest BCUT2D eigenvalue weighted by Gasteiger charge is 2.22. The first-order chi connectivity index (χ1) is 7.24. The van der Waals surface area contributed by atoms with Crippen molar-refractivity contribution in [1.29, 1.82) is 0 Å². The Hall–Kier alpha value is -0.410. The SMILES string of the molecule is COCCCN(C)CC1CCCCC1=O. The van der Waals surface area contributed by atoms with E-state index in [9.17, 15) is 4.79 Å². The third kappa shape index (κ3) is 4.76. The largest absolute Gasteiger partial charge is 0.385 e. The van der Waals surface area contributed by atoms with E-state index in [0.29, 0.717) is 11.7 Å². The van der Waals surface area contributed by atoms with Gasteiger partial charge in [-0.05, 0) is 26.3 Å². The van der Waals surface area contributed by atoms with Crippen molar-refractivity contribution in [2.45, 2.75) is 32.1 Å². The number of ether oxygens (including phenoxy) is 1. The van der Waals surface area contributed by atoms with Crippen LogP contribution in [0.1, 0.15) is 32.1 Å². The lowest BCUT2D eigenvalue weighted by atomic mass is 9.87. The molecular weight excluding hydrogens is 190 g/mol. The first-order valence-corrected chi connectivity index (χ1v) is 5.94. The summed E-state index contributed by atoms with van der Waals surface area (Å²) in [5, 5.41) is 0. The monoisotopic (exact) mass is 213 g/mol. The maximum absolute atomic E-state index is 11.6. The molecule has 1 aliphatic carbocycles. The molecule has 0 radical (unpaired) electrons. The second-order valence-corrected chi connectivity index (χ2v) is 4.52. The molecule has 0 bridgehead atoms. The molecular formula is C12H23NO2. The van der Waals surface area contributed by atoms with Crippen molar-refractivity contribution in [3.05, 3.63) is 0 Å². The first kappa shape index (κ1) is 12.7. The third-order valence-corrected chi connectivity index (χ3v) is 3.10. The maximum Gasteiger partial charge on any atom is 0.137 e.